The molecule has 0 fully saturated rings. The highest BCUT2D eigenvalue weighted by Gasteiger charge is 2.14. The zero-order valence-corrected chi connectivity index (χ0v) is 10.9. The summed E-state index contributed by atoms with van der Waals surface area (Å²) in [4.78, 5) is 20.0. The Morgan fingerprint density at radius 3 is 3.00 bits per heavy atom. The molecule has 0 aliphatic carbocycles. The number of amides is 1. The van der Waals surface area contributed by atoms with Crippen molar-refractivity contribution in [1.29, 1.82) is 0 Å². The van der Waals surface area contributed by atoms with E-state index in [0.717, 1.165) is 11.3 Å². The number of nitrogens with one attached hydrogen (secondary N) is 1. The maximum Gasteiger partial charge on any atom is 0.270 e. The van der Waals surface area contributed by atoms with Crippen molar-refractivity contribution in [2.24, 2.45) is 0 Å². The van der Waals surface area contributed by atoms with Crippen LogP contribution in [-0.2, 0) is 6.54 Å². The van der Waals surface area contributed by atoms with Crippen molar-refractivity contribution in [3.8, 4) is 11.5 Å². The minimum atomic E-state index is -0.229. The third kappa shape index (κ3) is 2.54. The van der Waals surface area contributed by atoms with Crippen LogP contribution >= 0.6 is 0 Å². The smallest absolute Gasteiger partial charge is 0.270 e. The molecule has 1 aliphatic heterocycles. The molecule has 20 heavy (non-hydrogen) atoms. The topological polar surface area (TPSA) is 73.3 Å². The zero-order chi connectivity index (χ0) is 13.9. The summed E-state index contributed by atoms with van der Waals surface area (Å²) in [5.74, 6) is 1.77. The van der Waals surface area contributed by atoms with Gasteiger partial charge in [-0.3, -0.25) is 4.79 Å². The van der Waals surface area contributed by atoms with E-state index in [0.29, 0.717) is 23.8 Å². The van der Waals surface area contributed by atoms with Crippen molar-refractivity contribution in [3.63, 3.8) is 0 Å². The molecular formula is C14H13N3O3. The number of aromatic nitrogens is 2. The van der Waals surface area contributed by atoms with Gasteiger partial charge in [-0.25, -0.2) is 9.97 Å². The predicted molar refractivity (Wildman–Crippen MR) is 70.5 cm³/mol. The molecule has 1 aromatic carbocycles. The van der Waals surface area contributed by atoms with Crippen molar-refractivity contribution in [2.45, 2.75) is 13.5 Å². The van der Waals surface area contributed by atoms with E-state index >= 15 is 0 Å². The predicted octanol–water partition coefficient (Wildman–Crippen LogP) is 1.44. The van der Waals surface area contributed by atoms with Gasteiger partial charge in [-0.05, 0) is 30.7 Å². The van der Waals surface area contributed by atoms with E-state index in [1.165, 1.54) is 0 Å². The minimum absolute atomic E-state index is 0.229. The van der Waals surface area contributed by atoms with Crippen molar-refractivity contribution in [2.75, 3.05) is 6.79 Å². The lowest BCUT2D eigenvalue weighted by Gasteiger charge is -2.06. The first-order valence-electron chi connectivity index (χ1n) is 6.19. The summed E-state index contributed by atoms with van der Waals surface area (Å²) in [6.07, 6.45) is 1.57. The zero-order valence-electron chi connectivity index (χ0n) is 10.9. The normalized spacial score (nSPS) is 12.2. The Kier molecular flexibility index (Phi) is 3.20. The van der Waals surface area contributed by atoms with Crippen molar-refractivity contribution >= 4 is 5.91 Å². The van der Waals surface area contributed by atoms with Crippen LogP contribution in [0.3, 0.4) is 0 Å². The van der Waals surface area contributed by atoms with Gasteiger partial charge in [0.05, 0.1) is 0 Å². The Morgan fingerprint density at radius 2 is 2.15 bits per heavy atom. The van der Waals surface area contributed by atoms with Crippen LogP contribution in [0.5, 0.6) is 11.5 Å². The fraction of sp³-hybridized carbons (Fsp3) is 0.214. The molecule has 3 rings (SSSR count). The highest BCUT2D eigenvalue weighted by molar-refractivity contribution is 5.92. The van der Waals surface area contributed by atoms with Crippen molar-refractivity contribution < 1.29 is 14.3 Å². The largest absolute Gasteiger partial charge is 0.454 e. The van der Waals surface area contributed by atoms with E-state index in [4.69, 9.17) is 9.47 Å². The number of benzene rings is 1. The number of aryl methyl sites for hydroxylation is 1. The van der Waals surface area contributed by atoms with Gasteiger partial charge in [0.2, 0.25) is 6.79 Å². The molecule has 2 heterocycles. The second-order valence-electron chi connectivity index (χ2n) is 4.36. The van der Waals surface area contributed by atoms with E-state index in [9.17, 15) is 4.79 Å². The fourth-order valence-electron chi connectivity index (χ4n) is 1.91. The number of carbonyl (C=O) groups is 1. The number of hydrogen-bond donors (Lipinski definition) is 1. The van der Waals surface area contributed by atoms with E-state index in [-0.39, 0.29) is 12.7 Å². The highest BCUT2D eigenvalue weighted by Crippen LogP contribution is 2.32. The van der Waals surface area contributed by atoms with Crippen LogP contribution in [0.1, 0.15) is 21.9 Å². The molecule has 1 amide bonds. The Hall–Kier alpha value is -2.63. The highest BCUT2D eigenvalue weighted by atomic mass is 16.7. The Morgan fingerprint density at radius 1 is 1.30 bits per heavy atom. The van der Waals surface area contributed by atoms with E-state index in [2.05, 4.69) is 15.3 Å². The molecule has 0 saturated carbocycles. The summed E-state index contributed by atoms with van der Waals surface area (Å²) >= 11 is 0. The van der Waals surface area contributed by atoms with Gasteiger partial charge >= 0.3 is 0 Å². The molecule has 0 bridgehead atoms. The Labute approximate surface area is 115 Å². The summed E-state index contributed by atoms with van der Waals surface area (Å²) < 4.78 is 10.5. The molecule has 0 spiro atoms. The summed E-state index contributed by atoms with van der Waals surface area (Å²) in [5, 5.41) is 2.81. The SMILES string of the molecule is Cc1nccc(C(=O)NCc2ccc3c(c2)OCO3)n1. The molecular weight excluding hydrogens is 258 g/mol. The number of hydrogen-bond acceptors (Lipinski definition) is 5. The average molecular weight is 271 g/mol. The van der Waals surface area contributed by atoms with Gasteiger partial charge in [-0.2, -0.15) is 0 Å². The lowest BCUT2D eigenvalue weighted by Crippen LogP contribution is -2.24. The third-order valence-electron chi connectivity index (χ3n) is 2.90. The van der Waals surface area contributed by atoms with Crippen LogP contribution in [0.2, 0.25) is 0 Å². The summed E-state index contributed by atoms with van der Waals surface area (Å²) in [7, 11) is 0. The maximum absolute atomic E-state index is 11.9. The maximum atomic E-state index is 11.9. The van der Waals surface area contributed by atoms with Crippen molar-refractivity contribution in [1.82, 2.24) is 15.3 Å². The molecule has 6 heteroatoms. The molecule has 1 aliphatic rings. The third-order valence-corrected chi connectivity index (χ3v) is 2.90. The van der Waals surface area contributed by atoms with Gasteiger partial charge in [0.15, 0.2) is 11.5 Å². The van der Waals surface area contributed by atoms with Crippen LogP contribution in [0.25, 0.3) is 0 Å². The number of rotatable bonds is 3. The van der Waals surface area contributed by atoms with Crippen LogP contribution in [-0.4, -0.2) is 22.7 Å². The summed E-state index contributed by atoms with van der Waals surface area (Å²) in [6.45, 7) is 2.39. The standard InChI is InChI=1S/C14H13N3O3/c1-9-15-5-4-11(17-9)14(18)16-7-10-2-3-12-13(6-10)20-8-19-12/h2-6H,7-8H2,1H3,(H,16,18). The van der Waals surface area contributed by atoms with Gasteiger partial charge in [0.25, 0.3) is 5.91 Å². The number of fused-ring (bicyclic) bond motifs is 1. The first kappa shape index (κ1) is 12.4. The van der Waals surface area contributed by atoms with Crippen LogP contribution in [0.15, 0.2) is 30.5 Å². The lowest BCUT2D eigenvalue weighted by atomic mass is 10.2. The van der Waals surface area contributed by atoms with Gasteiger partial charge in [-0.15, -0.1) is 0 Å². The molecule has 6 nitrogen and oxygen atoms in total. The van der Waals surface area contributed by atoms with E-state index in [1.807, 2.05) is 18.2 Å². The first-order valence-corrected chi connectivity index (χ1v) is 6.19. The molecule has 102 valence electrons. The molecule has 2 aromatic rings. The van der Waals surface area contributed by atoms with Gasteiger partial charge in [-0.1, -0.05) is 6.07 Å². The molecule has 1 N–H and O–H groups in total. The number of nitrogens with zero attached hydrogens (tertiary/aromatic N) is 2. The Bertz CT molecular complexity index is 658. The van der Waals surface area contributed by atoms with Gasteiger partial charge < -0.3 is 14.8 Å². The van der Waals surface area contributed by atoms with E-state index in [1.54, 1.807) is 19.2 Å². The van der Waals surface area contributed by atoms with Crippen LogP contribution in [0.4, 0.5) is 0 Å². The van der Waals surface area contributed by atoms with E-state index < -0.39 is 0 Å². The second-order valence-corrected chi connectivity index (χ2v) is 4.36. The molecule has 0 atom stereocenters. The van der Waals surface area contributed by atoms with Crippen molar-refractivity contribution in [3.05, 3.63) is 47.5 Å². The monoisotopic (exact) mass is 271 g/mol. The second kappa shape index (κ2) is 5.16. The van der Waals surface area contributed by atoms with Crippen LogP contribution < -0.4 is 14.8 Å². The first-order chi connectivity index (χ1) is 9.72. The molecule has 0 saturated heterocycles. The Balaban J connectivity index is 1.66. The lowest BCUT2D eigenvalue weighted by molar-refractivity contribution is 0.0945. The van der Waals surface area contributed by atoms with Crippen LogP contribution in [0, 0.1) is 6.92 Å². The average Bonchev–Trinajstić information content (AvgIpc) is 2.92. The summed E-state index contributed by atoms with van der Waals surface area (Å²) in [6, 6.07) is 7.16. The van der Waals surface area contributed by atoms with Gasteiger partial charge in [0, 0.05) is 12.7 Å². The molecule has 0 radical (unpaired) electrons. The minimum Gasteiger partial charge on any atom is -0.454 e. The number of carbonyl (C=O) groups excluding carboxylic acids is 1. The fourth-order valence-corrected chi connectivity index (χ4v) is 1.91. The number of ether oxygens (including phenoxy) is 2. The molecule has 1 aromatic heterocycles. The molecule has 0 unspecified atom stereocenters. The van der Waals surface area contributed by atoms with Gasteiger partial charge in [0.1, 0.15) is 11.5 Å². The summed E-state index contributed by atoms with van der Waals surface area (Å²) in [5.41, 5.74) is 1.30. The quantitative estimate of drug-likeness (QED) is 0.914.